The summed E-state index contributed by atoms with van der Waals surface area (Å²) in [6.45, 7) is 4.62. The summed E-state index contributed by atoms with van der Waals surface area (Å²) < 4.78 is 0. The van der Waals surface area contributed by atoms with Crippen LogP contribution in [0, 0.1) is 5.92 Å². The van der Waals surface area contributed by atoms with Gasteiger partial charge in [-0.25, -0.2) is 0 Å². The van der Waals surface area contributed by atoms with Crippen molar-refractivity contribution >= 4 is 12.4 Å². The third-order valence-corrected chi connectivity index (χ3v) is 3.34. The molecular weight excluding hydrogens is 248 g/mol. The zero-order valence-corrected chi connectivity index (χ0v) is 11.8. The van der Waals surface area contributed by atoms with Gasteiger partial charge in [0.05, 0.1) is 5.69 Å². The fraction of sp³-hybridized carbons (Fsp3) is 0.692. The first kappa shape index (κ1) is 15.3. The summed E-state index contributed by atoms with van der Waals surface area (Å²) >= 11 is 0. The van der Waals surface area contributed by atoms with Crippen LogP contribution >= 0.6 is 12.4 Å². The van der Waals surface area contributed by atoms with E-state index in [0.29, 0.717) is 0 Å². The van der Waals surface area contributed by atoms with Crippen LogP contribution in [0.2, 0.25) is 0 Å². The number of likely N-dealkylation sites (N-methyl/N-ethyl adjacent to an activating group) is 1. The number of rotatable bonds is 5. The first-order valence-corrected chi connectivity index (χ1v) is 6.49. The lowest BCUT2D eigenvalue weighted by Gasteiger charge is -2.27. The minimum Gasteiger partial charge on any atom is -0.316 e. The van der Waals surface area contributed by atoms with Crippen LogP contribution in [0.15, 0.2) is 18.6 Å². The van der Waals surface area contributed by atoms with E-state index >= 15 is 0 Å². The highest BCUT2D eigenvalue weighted by molar-refractivity contribution is 5.85. The second-order valence-electron chi connectivity index (χ2n) is 4.92. The average Bonchev–Trinajstić information content (AvgIpc) is 2.39. The summed E-state index contributed by atoms with van der Waals surface area (Å²) in [4.78, 5) is 10.8. The molecule has 0 aromatic carbocycles. The zero-order chi connectivity index (χ0) is 11.9. The Kier molecular flexibility index (Phi) is 7.16. The highest BCUT2D eigenvalue weighted by Gasteiger charge is 2.14. The van der Waals surface area contributed by atoms with Crippen LogP contribution in [-0.4, -0.2) is 48.1 Å². The lowest BCUT2D eigenvalue weighted by Crippen LogP contribution is -2.37. The van der Waals surface area contributed by atoms with Gasteiger partial charge in [0.1, 0.15) is 0 Å². The van der Waals surface area contributed by atoms with E-state index in [1.165, 1.54) is 32.5 Å². The molecule has 2 rings (SSSR count). The predicted octanol–water partition coefficient (Wildman–Crippen LogP) is 1.37. The molecule has 0 saturated carbocycles. The summed E-state index contributed by atoms with van der Waals surface area (Å²) in [6, 6.07) is 0. The van der Waals surface area contributed by atoms with Gasteiger partial charge in [-0.2, -0.15) is 0 Å². The van der Waals surface area contributed by atoms with Crippen LogP contribution in [0.4, 0.5) is 0 Å². The molecule has 2 heterocycles. The van der Waals surface area contributed by atoms with Gasteiger partial charge in [-0.15, -0.1) is 12.4 Å². The standard InChI is InChI=1S/C13H22N4.ClH/c1-17(11-12-3-2-5-14-9-12)8-4-13-10-15-6-7-16-13;/h6-7,10,12,14H,2-5,8-9,11H2,1H3;1H. The molecule has 1 atom stereocenters. The normalized spacial score (nSPS) is 19.6. The molecule has 1 N–H and O–H groups in total. The Labute approximate surface area is 116 Å². The minimum absolute atomic E-state index is 0. The molecule has 0 bridgehead atoms. The Bertz CT molecular complexity index is 314. The van der Waals surface area contributed by atoms with E-state index in [1.54, 1.807) is 12.4 Å². The Balaban J connectivity index is 0.00000162. The highest BCUT2D eigenvalue weighted by Crippen LogP contribution is 2.11. The van der Waals surface area contributed by atoms with E-state index in [1.807, 2.05) is 6.20 Å². The number of nitrogens with zero attached hydrogens (tertiary/aromatic N) is 3. The maximum Gasteiger partial charge on any atom is 0.0599 e. The fourth-order valence-corrected chi connectivity index (χ4v) is 2.38. The SMILES string of the molecule is CN(CCc1cnccn1)CC1CCCNC1.Cl. The maximum absolute atomic E-state index is 4.30. The molecule has 4 nitrogen and oxygen atoms in total. The van der Waals surface area contributed by atoms with Crippen LogP contribution < -0.4 is 5.32 Å². The molecule has 102 valence electrons. The molecule has 1 saturated heterocycles. The smallest absolute Gasteiger partial charge is 0.0599 e. The number of halogens is 1. The summed E-state index contributed by atoms with van der Waals surface area (Å²) in [7, 11) is 2.20. The Morgan fingerprint density at radius 1 is 1.44 bits per heavy atom. The van der Waals surface area contributed by atoms with Crippen molar-refractivity contribution in [3.05, 3.63) is 24.3 Å². The van der Waals surface area contributed by atoms with Crippen molar-refractivity contribution in [3.63, 3.8) is 0 Å². The molecule has 0 radical (unpaired) electrons. The largest absolute Gasteiger partial charge is 0.316 e. The van der Waals surface area contributed by atoms with Crippen LogP contribution in [0.3, 0.4) is 0 Å². The van der Waals surface area contributed by atoms with Crippen LogP contribution in [0.1, 0.15) is 18.5 Å². The topological polar surface area (TPSA) is 41.1 Å². The quantitative estimate of drug-likeness (QED) is 0.878. The molecule has 1 aromatic rings. The van der Waals surface area contributed by atoms with Gasteiger partial charge in [0, 0.05) is 38.1 Å². The van der Waals surface area contributed by atoms with Crippen molar-refractivity contribution in [1.82, 2.24) is 20.2 Å². The molecule has 0 spiro atoms. The lowest BCUT2D eigenvalue weighted by molar-refractivity contribution is 0.245. The van der Waals surface area contributed by atoms with Crippen molar-refractivity contribution in [3.8, 4) is 0 Å². The third kappa shape index (κ3) is 5.29. The second-order valence-corrected chi connectivity index (χ2v) is 4.92. The Morgan fingerprint density at radius 3 is 3.00 bits per heavy atom. The van der Waals surface area contributed by atoms with Crippen LogP contribution in [0.25, 0.3) is 0 Å². The highest BCUT2D eigenvalue weighted by atomic mass is 35.5. The molecule has 1 aliphatic heterocycles. The molecule has 0 amide bonds. The van der Waals surface area contributed by atoms with Crippen molar-refractivity contribution < 1.29 is 0 Å². The zero-order valence-electron chi connectivity index (χ0n) is 11.0. The summed E-state index contributed by atoms with van der Waals surface area (Å²) in [5.74, 6) is 0.815. The van der Waals surface area contributed by atoms with Crippen molar-refractivity contribution in [2.24, 2.45) is 5.92 Å². The van der Waals surface area contributed by atoms with Gasteiger partial charge in [0.2, 0.25) is 0 Å². The predicted molar refractivity (Wildman–Crippen MR) is 76.1 cm³/mol. The van der Waals surface area contributed by atoms with E-state index in [0.717, 1.165) is 24.6 Å². The summed E-state index contributed by atoms with van der Waals surface area (Å²) in [5.41, 5.74) is 1.08. The van der Waals surface area contributed by atoms with Gasteiger partial charge in [-0.3, -0.25) is 9.97 Å². The Morgan fingerprint density at radius 2 is 2.33 bits per heavy atom. The van der Waals surface area contributed by atoms with Crippen molar-refractivity contribution in [2.75, 3.05) is 33.2 Å². The van der Waals surface area contributed by atoms with Gasteiger partial charge < -0.3 is 10.2 Å². The number of hydrogen-bond acceptors (Lipinski definition) is 4. The minimum atomic E-state index is 0. The second kappa shape index (κ2) is 8.40. The van der Waals surface area contributed by atoms with Crippen LogP contribution in [-0.2, 0) is 6.42 Å². The lowest BCUT2D eigenvalue weighted by atomic mass is 9.99. The molecular formula is C13H23ClN4. The number of nitrogens with one attached hydrogen (secondary N) is 1. The van der Waals surface area contributed by atoms with Gasteiger partial charge in [-0.1, -0.05) is 0 Å². The van der Waals surface area contributed by atoms with Gasteiger partial charge in [0.15, 0.2) is 0 Å². The van der Waals surface area contributed by atoms with E-state index in [9.17, 15) is 0 Å². The average molecular weight is 271 g/mol. The number of hydrogen-bond donors (Lipinski definition) is 1. The fourth-order valence-electron chi connectivity index (χ4n) is 2.38. The van der Waals surface area contributed by atoms with Gasteiger partial charge in [-0.05, 0) is 38.9 Å². The molecule has 5 heteroatoms. The van der Waals surface area contributed by atoms with E-state index in [4.69, 9.17) is 0 Å². The van der Waals surface area contributed by atoms with Crippen molar-refractivity contribution in [2.45, 2.75) is 19.3 Å². The molecule has 1 unspecified atom stereocenters. The molecule has 1 aromatic heterocycles. The van der Waals surface area contributed by atoms with Crippen molar-refractivity contribution in [1.29, 1.82) is 0 Å². The summed E-state index contributed by atoms with van der Waals surface area (Å²) in [6.07, 6.45) is 9.02. The van der Waals surface area contributed by atoms with E-state index in [2.05, 4.69) is 27.2 Å². The van der Waals surface area contributed by atoms with E-state index in [-0.39, 0.29) is 12.4 Å². The summed E-state index contributed by atoms with van der Waals surface area (Å²) in [5, 5.41) is 3.46. The van der Waals surface area contributed by atoms with Crippen LogP contribution in [0.5, 0.6) is 0 Å². The first-order valence-electron chi connectivity index (χ1n) is 6.49. The molecule has 1 aliphatic rings. The monoisotopic (exact) mass is 270 g/mol. The number of aromatic nitrogens is 2. The third-order valence-electron chi connectivity index (χ3n) is 3.34. The molecule has 1 fully saturated rings. The first-order chi connectivity index (χ1) is 8.34. The maximum atomic E-state index is 4.30. The van der Waals surface area contributed by atoms with Gasteiger partial charge >= 0.3 is 0 Å². The molecule has 18 heavy (non-hydrogen) atoms. The Hall–Kier alpha value is -0.710. The molecule has 0 aliphatic carbocycles. The van der Waals surface area contributed by atoms with Gasteiger partial charge in [0.25, 0.3) is 0 Å². The van der Waals surface area contributed by atoms with E-state index < -0.39 is 0 Å². The number of piperidine rings is 1.